The van der Waals surface area contributed by atoms with Gasteiger partial charge in [-0.2, -0.15) is 0 Å². The second-order valence-electron chi connectivity index (χ2n) is 6.72. The van der Waals surface area contributed by atoms with Gasteiger partial charge in [-0.1, -0.05) is 24.3 Å². The topological polar surface area (TPSA) is 72.3 Å². The summed E-state index contributed by atoms with van der Waals surface area (Å²) in [5.41, 5.74) is 3.19. The van der Waals surface area contributed by atoms with E-state index in [2.05, 4.69) is 5.32 Å². The number of para-hydroxylation sites is 2. The van der Waals surface area contributed by atoms with Crippen LogP contribution in [0.3, 0.4) is 0 Å². The van der Waals surface area contributed by atoms with Crippen LogP contribution in [0.2, 0.25) is 0 Å². The van der Waals surface area contributed by atoms with Gasteiger partial charge in [0.2, 0.25) is 0 Å². The fraction of sp³-hybridized carbons (Fsp3) is 0.174. The Morgan fingerprint density at radius 3 is 2.37 bits per heavy atom. The van der Waals surface area contributed by atoms with Gasteiger partial charge in [0.05, 0.1) is 36.4 Å². The molecule has 3 aromatic rings. The number of nitrogens with one attached hydrogen (secondary N) is 1. The minimum absolute atomic E-state index is 0.193. The molecule has 0 fully saturated rings. The third kappa shape index (κ3) is 3.84. The number of methoxy groups -OCH3 is 2. The van der Waals surface area contributed by atoms with Gasteiger partial charge < -0.3 is 14.8 Å². The van der Waals surface area contributed by atoms with E-state index in [0.29, 0.717) is 27.9 Å². The third-order valence-corrected chi connectivity index (χ3v) is 5.71. The molecule has 30 heavy (non-hydrogen) atoms. The first-order chi connectivity index (χ1) is 14.6. The van der Waals surface area contributed by atoms with Crippen molar-refractivity contribution in [2.45, 2.75) is 12.8 Å². The number of amidine groups is 1. The quantitative estimate of drug-likeness (QED) is 0.638. The van der Waals surface area contributed by atoms with Gasteiger partial charge >= 0.3 is 0 Å². The van der Waals surface area contributed by atoms with Crippen molar-refractivity contribution in [3.8, 4) is 11.5 Å². The van der Waals surface area contributed by atoms with Gasteiger partial charge in [0.25, 0.3) is 5.91 Å². The van der Waals surface area contributed by atoms with Crippen molar-refractivity contribution in [2.75, 3.05) is 14.2 Å². The number of nitrogens with zero attached hydrogens (tertiary/aromatic N) is 2. The van der Waals surface area contributed by atoms with Gasteiger partial charge in [0.1, 0.15) is 5.84 Å². The van der Waals surface area contributed by atoms with Crippen LogP contribution < -0.4 is 14.8 Å². The lowest BCUT2D eigenvalue weighted by atomic mass is 9.92. The predicted octanol–water partition coefficient (Wildman–Crippen LogP) is 5.12. The molecule has 7 heteroatoms. The van der Waals surface area contributed by atoms with Gasteiger partial charge in [0, 0.05) is 5.71 Å². The normalized spacial score (nSPS) is 15.4. The van der Waals surface area contributed by atoms with Crippen LogP contribution in [0.15, 0.2) is 70.0 Å². The molecule has 1 atom stereocenters. The molecule has 2 aromatic carbocycles. The molecule has 1 aliphatic rings. The van der Waals surface area contributed by atoms with Crippen LogP contribution in [0.5, 0.6) is 11.5 Å². The number of rotatable bonds is 4. The Balaban J connectivity index is 1.82. The molecule has 2 heterocycles. The lowest BCUT2D eigenvalue weighted by molar-refractivity contribution is 0.0980. The molecule has 0 spiro atoms. The van der Waals surface area contributed by atoms with Gasteiger partial charge in [-0.15, -0.1) is 11.3 Å². The summed E-state index contributed by atoms with van der Waals surface area (Å²) in [6, 6.07) is 16.9. The molecular formula is C23H21N3O3S. The standard InChI is InChI=1S/C23H21N3O3S/c1-14-21(15-10-11-18(28-2)19(13-15)29-3)22(26-23(27)20-9-6-12-30-20)25-17-8-5-4-7-16(17)24-14/h4-13,21H,1-3H3,(H,25,26,27). The number of fused-ring (bicyclic) bond motifs is 1. The van der Waals surface area contributed by atoms with E-state index in [0.717, 1.165) is 17.0 Å². The summed E-state index contributed by atoms with van der Waals surface area (Å²) in [5.74, 6) is 1.22. The highest BCUT2D eigenvalue weighted by molar-refractivity contribution is 7.12. The van der Waals surface area contributed by atoms with Crippen LogP contribution in [0.1, 0.15) is 28.1 Å². The van der Waals surface area contributed by atoms with Crippen LogP contribution >= 0.6 is 11.3 Å². The van der Waals surface area contributed by atoms with E-state index in [4.69, 9.17) is 19.5 Å². The average molecular weight is 420 g/mol. The first-order valence-corrected chi connectivity index (χ1v) is 10.3. The first kappa shape index (κ1) is 19.8. The van der Waals surface area contributed by atoms with Crippen LogP contribution in [-0.4, -0.2) is 31.7 Å². The number of aliphatic imine (C=N–C) groups is 2. The number of carbonyl (C=O) groups is 1. The Morgan fingerprint density at radius 2 is 1.70 bits per heavy atom. The van der Waals surface area contributed by atoms with E-state index in [1.165, 1.54) is 11.3 Å². The molecule has 0 aliphatic carbocycles. The number of amides is 1. The smallest absolute Gasteiger partial charge is 0.266 e. The highest BCUT2D eigenvalue weighted by Gasteiger charge is 2.28. The van der Waals surface area contributed by atoms with Crippen molar-refractivity contribution in [1.29, 1.82) is 0 Å². The molecule has 0 saturated carbocycles. The Labute approximate surface area is 178 Å². The van der Waals surface area contributed by atoms with Crippen molar-refractivity contribution in [2.24, 2.45) is 9.98 Å². The molecule has 0 radical (unpaired) electrons. The van der Waals surface area contributed by atoms with Crippen molar-refractivity contribution in [1.82, 2.24) is 5.32 Å². The summed E-state index contributed by atoms with van der Waals surface area (Å²) < 4.78 is 10.8. The zero-order chi connectivity index (χ0) is 21.1. The number of ether oxygens (including phenoxy) is 2. The Hall–Kier alpha value is -3.45. The summed E-state index contributed by atoms with van der Waals surface area (Å²) in [4.78, 5) is 23.1. The Morgan fingerprint density at radius 1 is 0.967 bits per heavy atom. The second kappa shape index (κ2) is 8.51. The van der Waals surface area contributed by atoms with E-state index >= 15 is 0 Å². The number of benzene rings is 2. The summed E-state index contributed by atoms with van der Waals surface area (Å²) in [6.07, 6.45) is 0. The lowest BCUT2D eigenvalue weighted by Crippen LogP contribution is -2.36. The maximum absolute atomic E-state index is 12.8. The van der Waals surface area contributed by atoms with Crippen molar-refractivity contribution in [3.63, 3.8) is 0 Å². The van der Waals surface area contributed by atoms with E-state index in [1.54, 1.807) is 20.3 Å². The molecule has 152 valence electrons. The van der Waals surface area contributed by atoms with Crippen molar-refractivity contribution >= 4 is 40.2 Å². The van der Waals surface area contributed by atoms with Crippen molar-refractivity contribution in [3.05, 3.63) is 70.4 Å². The second-order valence-corrected chi connectivity index (χ2v) is 7.67. The number of carbonyl (C=O) groups excluding carboxylic acids is 1. The summed E-state index contributed by atoms with van der Waals surface area (Å²) in [6.45, 7) is 1.94. The molecule has 1 aromatic heterocycles. The first-order valence-electron chi connectivity index (χ1n) is 9.40. The minimum Gasteiger partial charge on any atom is -0.493 e. The van der Waals surface area contributed by atoms with Gasteiger partial charge in [-0.3, -0.25) is 9.79 Å². The SMILES string of the molecule is COc1ccc(C2C(C)=Nc3ccccc3N=C2NC(=O)c2cccs2)cc1OC. The fourth-order valence-corrected chi connectivity index (χ4v) is 4.04. The molecule has 1 N–H and O–H groups in total. The van der Waals surface area contributed by atoms with Gasteiger partial charge in [-0.05, 0) is 48.2 Å². The van der Waals surface area contributed by atoms with Crippen LogP contribution in [-0.2, 0) is 0 Å². The minimum atomic E-state index is -0.346. The van der Waals surface area contributed by atoms with Crippen LogP contribution in [0, 0.1) is 0 Å². The summed E-state index contributed by atoms with van der Waals surface area (Å²) >= 11 is 1.39. The zero-order valence-corrected chi connectivity index (χ0v) is 17.7. The van der Waals surface area contributed by atoms with E-state index < -0.39 is 0 Å². The van der Waals surface area contributed by atoms with Crippen LogP contribution in [0.25, 0.3) is 0 Å². The molecule has 0 saturated heterocycles. The Bertz CT molecular complexity index is 1140. The molecule has 1 amide bonds. The predicted molar refractivity (Wildman–Crippen MR) is 120 cm³/mol. The third-order valence-electron chi connectivity index (χ3n) is 4.84. The number of thiophene rings is 1. The molecule has 4 rings (SSSR count). The maximum atomic E-state index is 12.8. The zero-order valence-electron chi connectivity index (χ0n) is 16.9. The van der Waals surface area contributed by atoms with Gasteiger partial charge in [-0.25, -0.2) is 4.99 Å². The molecule has 6 nitrogen and oxygen atoms in total. The van der Waals surface area contributed by atoms with E-state index in [9.17, 15) is 4.79 Å². The summed E-state index contributed by atoms with van der Waals surface area (Å²) in [5, 5.41) is 4.89. The molecular weight excluding hydrogens is 398 g/mol. The Kier molecular flexibility index (Phi) is 5.63. The van der Waals surface area contributed by atoms with E-state index in [-0.39, 0.29) is 11.8 Å². The molecule has 1 unspecified atom stereocenters. The fourth-order valence-electron chi connectivity index (χ4n) is 3.42. The molecule has 0 bridgehead atoms. The van der Waals surface area contributed by atoms with E-state index in [1.807, 2.05) is 60.8 Å². The van der Waals surface area contributed by atoms with Crippen LogP contribution in [0.4, 0.5) is 11.4 Å². The highest BCUT2D eigenvalue weighted by atomic mass is 32.1. The summed E-state index contributed by atoms with van der Waals surface area (Å²) in [7, 11) is 3.19. The number of hydrogen-bond donors (Lipinski definition) is 1. The highest BCUT2D eigenvalue weighted by Crippen LogP contribution is 2.37. The molecule has 1 aliphatic heterocycles. The number of hydrogen-bond acceptors (Lipinski definition) is 6. The van der Waals surface area contributed by atoms with Crippen molar-refractivity contribution < 1.29 is 14.3 Å². The largest absolute Gasteiger partial charge is 0.493 e. The average Bonchev–Trinajstić information content (AvgIpc) is 3.25. The maximum Gasteiger partial charge on any atom is 0.266 e. The lowest BCUT2D eigenvalue weighted by Gasteiger charge is -2.20. The van der Waals surface area contributed by atoms with Gasteiger partial charge in [0.15, 0.2) is 11.5 Å². The monoisotopic (exact) mass is 419 g/mol.